The van der Waals surface area contributed by atoms with Crippen LogP contribution in [0, 0.1) is 11.8 Å². The average molecular weight is 223 g/mol. The Balaban J connectivity index is 2.55. The lowest BCUT2D eigenvalue weighted by Gasteiger charge is -2.22. The molecule has 2 nitrogen and oxygen atoms in total. The summed E-state index contributed by atoms with van der Waals surface area (Å²) in [5.74, 6) is -2.28. The highest BCUT2D eigenvalue weighted by molar-refractivity contribution is 5.79. The van der Waals surface area contributed by atoms with Gasteiger partial charge in [0, 0.05) is 13.1 Å². The second kappa shape index (κ2) is 4.41. The van der Waals surface area contributed by atoms with Gasteiger partial charge in [-0.2, -0.15) is 13.2 Å². The van der Waals surface area contributed by atoms with Gasteiger partial charge in [-0.15, -0.1) is 0 Å². The van der Waals surface area contributed by atoms with Crippen LogP contribution in [0.5, 0.6) is 0 Å². The number of halogens is 3. The van der Waals surface area contributed by atoms with Crippen molar-refractivity contribution in [3.8, 4) is 0 Å². The summed E-state index contributed by atoms with van der Waals surface area (Å²) in [5.41, 5.74) is 0. The molecule has 0 aromatic rings. The average Bonchev–Trinajstić information content (AvgIpc) is 2.62. The summed E-state index contributed by atoms with van der Waals surface area (Å²) in [6.07, 6.45) is -2.67. The molecule has 1 fully saturated rings. The van der Waals surface area contributed by atoms with Crippen LogP contribution in [0.25, 0.3) is 0 Å². The van der Waals surface area contributed by atoms with Crippen molar-refractivity contribution in [2.24, 2.45) is 11.8 Å². The van der Waals surface area contributed by atoms with E-state index in [0.29, 0.717) is 19.0 Å². The maximum Gasteiger partial charge on any atom is 0.400 e. The van der Waals surface area contributed by atoms with E-state index in [2.05, 4.69) is 0 Å². The van der Waals surface area contributed by atoms with Crippen molar-refractivity contribution in [1.29, 1.82) is 0 Å². The summed E-state index contributed by atoms with van der Waals surface area (Å²) in [6, 6.07) is 0. The van der Waals surface area contributed by atoms with Gasteiger partial charge in [0.2, 0.25) is 5.91 Å². The summed E-state index contributed by atoms with van der Waals surface area (Å²) < 4.78 is 36.9. The maximum absolute atomic E-state index is 12.3. The van der Waals surface area contributed by atoms with Crippen LogP contribution in [0.3, 0.4) is 0 Å². The molecule has 0 aliphatic carbocycles. The predicted molar refractivity (Wildman–Crippen MR) is 50.2 cm³/mol. The second-order valence-electron chi connectivity index (χ2n) is 4.11. The number of alkyl halides is 3. The minimum Gasteiger partial charge on any atom is -0.342 e. The summed E-state index contributed by atoms with van der Waals surface area (Å²) in [4.78, 5) is 12.8. The quantitative estimate of drug-likeness (QED) is 0.704. The molecule has 1 aliphatic heterocycles. The molecular weight excluding hydrogens is 207 g/mol. The molecule has 0 radical (unpaired) electrons. The van der Waals surface area contributed by atoms with Gasteiger partial charge in [0.1, 0.15) is 5.92 Å². The van der Waals surface area contributed by atoms with Gasteiger partial charge in [-0.1, -0.05) is 13.3 Å². The van der Waals surface area contributed by atoms with E-state index in [1.165, 1.54) is 4.90 Å². The molecule has 0 saturated carbocycles. The van der Waals surface area contributed by atoms with Crippen LogP contribution in [0.15, 0.2) is 0 Å². The molecule has 2 atom stereocenters. The monoisotopic (exact) mass is 223 g/mol. The molecule has 0 aromatic carbocycles. The van der Waals surface area contributed by atoms with Crippen molar-refractivity contribution < 1.29 is 18.0 Å². The van der Waals surface area contributed by atoms with Crippen molar-refractivity contribution >= 4 is 5.91 Å². The predicted octanol–water partition coefficient (Wildman–Crippen LogP) is 2.44. The summed E-state index contributed by atoms with van der Waals surface area (Å²) >= 11 is 0. The van der Waals surface area contributed by atoms with Crippen LogP contribution in [0.2, 0.25) is 0 Å². The zero-order valence-electron chi connectivity index (χ0n) is 8.97. The molecule has 5 heteroatoms. The standard InChI is InChI=1S/C10H16F3NO/c1-3-8-4-5-14(6-8)9(15)7(2)10(11,12)13/h7-8H,3-6H2,1-2H3/t7-,8+/m1/s1. The SMILES string of the molecule is CC[C@H]1CCN(C(=O)[C@@H](C)C(F)(F)F)C1. The number of likely N-dealkylation sites (tertiary alicyclic amines) is 1. The topological polar surface area (TPSA) is 20.3 Å². The molecule has 88 valence electrons. The smallest absolute Gasteiger partial charge is 0.342 e. The fourth-order valence-electron chi connectivity index (χ4n) is 1.78. The lowest BCUT2D eigenvalue weighted by Crippen LogP contribution is -2.39. The minimum atomic E-state index is -4.42. The van der Waals surface area contributed by atoms with Gasteiger partial charge in [-0.25, -0.2) is 0 Å². The van der Waals surface area contributed by atoms with Gasteiger partial charge in [0.15, 0.2) is 0 Å². The first-order valence-electron chi connectivity index (χ1n) is 5.21. The van der Waals surface area contributed by atoms with Gasteiger partial charge >= 0.3 is 6.18 Å². The molecule has 1 heterocycles. The Morgan fingerprint density at radius 3 is 2.53 bits per heavy atom. The van der Waals surface area contributed by atoms with Crippen molar-refractivity contribution in [3.05, 3.63) is 0 Å². The van der Waals surface area contributed by atoms with E-state index in [1.807, 2.05) is 6.92 Å². The highest BCUT2D eigenvalue weighted by Gasteiger charge is 2.43. The third kappa shape index (κ3) is 2.86. The van der Waals surface area contributed by atoms with E-state index in [4.69, 9.17) is 0 Å². The van der Waals surface area contributed by atoms with Crippen molar-refractivity contribution in [2.75, 3.05) is 13.1 Å². The van der Waals surface area contributed by atoms with Crippen LogP contribution in [-0.2, 0) is 4.79 Å². The molecule has 0 N–H and O–H groups in total. The Hall–Kier alpha value is -0.740. The van der Waals surface area contributed by atoms with Gasteiger partial charge in [-0.3, -0.25) is 4.79 Å². The Morgan fingerprint density at radius 1 is 1.53 bits per heavy atom. The van der Waals surface area contributed by atoms with E-state index in [-0.39, 0.29) is 0 Å². The molecule has 0 aromatic heterocycles. The van der Waals surface area contributed by atoms with Crippen LogP contribution in [-0.4, -0.2) is 30.1 Å². The fourth-order valence-corrected chi connectivity index (χ4v) is 1.78. The Kier molecular flexibility index (Phi) is 3.62. The van der Waals surface area contributed by atoms with Gasteiger partial charge < -0.3 is 4.90 Å². The first-order valence-corrected chi connectivity index (χ1v) is 5.21. The third-order valence-electron chi connectivity index (χ3n) is 3.04. The highest BCUT2D eigenvalue weighted by Crippen LogP contribution is 2.29. The largest absolute Gasteiger partial charge is 0.400 e. The first-order chi connectivity index (χ1) is 6.86. The number of hydrogen-bond donors (Lipinski definition) is 0. The van der Waals surface area contributed by atoms with Crippen molar-refractivity contribution in [2.45, 2.75) is 32.9 Å². The van der Waals surface area contributed by atoms with Gasteiger partial charge in [-0.05, 0) is 19.3 Å². The lowest BCUT2D eigenvalue weighted by molar-refractivity contribution is -0.184. The summed E-state index contributed by atoms with van der Waals surface area (Å²) in [7, 11) is 0. The lowest BCUT2D eigenvalue weighted by atomic mass is 10.1. The summed E-state index contributed by atoms with van der Waals surface area (Å²) in [5, 5.41) is 0. The molecule has 1 saturated heterocycles. The van der Waals surface area contributed by atoms with Crippen LogP contribution < -0.4 is 0 Å². The Bertz CT molecular complexity index is 239. The molecule has 1 amide bonds. The minimum absolute atomic E-state index is 0.370. The highest BCUT2D eigenvalue weighted by atomic mass is 19.4. The second-order valence-corrected chi connectivity index (χ2v) is 4.11. The number of carbonyl (C=O) groups is 1. The molecule has 1 rings (SSSR count). The molecule has 0 bridgehead atoms. The zero-order chi connectivity index (χ0) is 11.6. The molecule has 0 unspecified atom stereocenters. The molecule has 15 heavy (non-hydrogen) atoms. The Labute approximate surface area is 87.4 Å². The van der Waals surface area contributed by atoms with Crippen molar-refractivity contribution in [3.63, 3.8) is 0 Å². The van der Waals surface area contributed by atoms with Crippen molar-refractivity contribution in [1.82, 2.24) is 4.90 Å². The van der Waals surface area contributed by atoms with E-state index >= 15 is 0 Å². The number of nitrogens with zero attached hydrogens (tertiary/aromatic N) is 1. The number of hydrogen-bond acceptors (Lipinski definition) is 1. The van der Waals surface area contributed by atoms with Crippen LogP contribution in [0.4, 0.5) is 13.2 Å². The van der Waals surface area contributed by atoms with E-state index in [1.54, 1.807) is 0 Å². The Morgan fingerprint density at radius 2 is 2.13 bits per heavy atom. The van der Waals surface area contributed by atoms with E-state index in [0.717, 1.165) is 19.8 Å². The number of amides is 1. The van der Waals surface area contributed by atoms with E-state index in [9.17, 15) is 18.0 Å². The third-order valence-corrected chi connectivity index (χ3v) is 3.04. The van der Waals surface area contributed by atoms with Gasteiger partial charge in [0.05, 0.1) is 0 Å². The molecular formula is C10H16F3NO. The fraction of sp³-hybridized carbons (Fsp3) is 0.900. The maximum atomic E-state index is 12.3. The molecule has 1 aliphatic rings. The molecule has 0 spiro atoms. The zero-order valence-corrected chi connectivity index (χ0v) is 8.97. The normalized spacial score (nSPS) is 24.3. The number of rotatable bonds is 2. The van der Waals surface area contributed by atoms with E-state index < -0.39 is 18.0 Å². The number of carbonyl (C=O) groups excluding carboxylic acids is 1. The first kappa shape index (κ1) is 12.3. The summed E-state index contributed by atoms with van der Waals surface area (Å²) in [6.45, 7) is 3.88. The van der Waals surface area contributed by atoms with Crippen LogP contribution in [0.1, 0.15) is 26.7 Å². The van der Waals surface area contributed by atoms with Gasteiger partial charge in [0.25, 0.3) is 0 Å². The van der Waals surface area contributed by atoms with Crippen LogP contribution >= 0.6 is 0 Å².